The van der Waals surface area contributed by atoms with Crippen molar-refractivity contribution in [3.05, 3.63) is 30.1 Å². The van der Waals surface area contributed by atoms with Gasteiger partial charge in [-0.05, 0) is 81.4 Å². The smallest absolute Gasteiger partial charge is 0.233 e. The molecule has 2 atom stereocenters. The molecule has 1 heterocycles. The molecule has 0 aromatic carbocycles. The van der Waals surface area contributed by atoms with Crippen LogP contribution >= 0.6 is 0 Å². The van der Waals surface area contributed by atoms with Crippen LogP contribution in [0, 0.1) is 34.0 Å². The van der Waals surface area contributed by atoms with Crippen LogP contribution < -0.4 is 11.1 Å². The number of aromatic nitrogens is 1. The number of nitrogens with one attached hydrogen (secondary N) is 2. The van der Waals surface area contributed by atoms with Gasteiger partial charge >= 0.3 is 0 Å². The molecule has 2 unspecified atom stereocenters. The number of pyridine rings is 1. The molecule has 4 bridgehead atoms. The van der Waals surface area contributed by atoms with Crippen molar-refractivity contribution >= 4 is 23.3 Å². The Morgan fingerprint density at radius 2 is 1.77 bits per heavy atom. The topological polar surface area (TPSA) is 126 Å². The van der Waals surface area contributed by atoms with Crippen LogP contribution in [0.3, 0.4) is 0 Å². The lowest BCUT2D eigenvalue weighted by atomic mass is 9.47. The molecule has 0 saturated heterocycles. The van der Waals surface area contributed by atoms with Gasteiger partial charge in [-0.1, -0.05) is 0 Å². The third-order valence-corrected chi connectivity index (χ3v) is 7.63. The van der Waals surface area contributed by atoms with Gasteiger partial charge in [0.1, 0.15) is 5.41 Å². The Hall–Kier alpha value is -2.57. The summed E-state index contributed by atoms with van der Waals surface area (Å²) < 4.78 is 0. The fraction of sp³-hybridized carbons (Fsp3) is 0.609. The molecule has 0 radical (unpaired) electrons. The number of carbonyl (C=O) groups is 3. The standard InChI is InChI=1S/C23H30N4O3/c1-22(2,19(28)17(24)9-13-3-5-26-6-4-13)21(30)27-18-15-7-14-8-16(18)12-23(10-14,11-15)20(25)29/h3-6,14-16,18,24H,7-12H2,1-2H3,(H2,25,29)(H,27,30). The maximum atomic E-state index is 13.1. The predicted molar refractivity (Wildman–Crippen MR) is 112 cm³/mol. The Balaban J connectivity index is 1.44. The number of primary amides is 1. The summed E-state index contributed by atoms with van der Waals surface area (Å²) in [5, 5.41) is 11.4. The first-order chi connectivity index (χ1) is 14.1. The van der Waals surface area contributed by atoms with Gasteiger partial charge in [0.15, 0.2) is 5.78 Å². The molecular weight excluding hydrogens is 380 g/mol. The molecule has 4 aliphatic carbocycles. The summed E-state index contributed by atoms with van der Waals surface area (Å²) in [5.41, 5.74) is 4.75. The van der Waals surface area contributed by atoms with Gasteiger partial charge in [-0.2, -0.15) is 0 Å². The number of Topliss-reactive ketones (excluding diaryl/α,β-unsaturated/α-hetero) is 1. The van der Waals surface area contributed by atoms with Crippen LogP contribution in [0.1, 0.15) is 51.5 Å². The van der Waals surface area contributed by atoms with E-state index in [1.54, 1.807) is 38.4 Å². The zero-order valence-corrected chi connectivity index (χ0v) is 17.6. The first-order valence-electron chi connectivity index (χ1n) is 10.7. The summed E-state index contributed by atoms with van der Waals surface area (Å²) >= 11 is 0. The van der Waals surface area contributed by atoms with Crippen molar-refractivity contribution in [1.29, 1.82) is 5.41 Å². The van der Waals surface area contributed by atoms with Crippen molar-refractivity contribution < 1.29 is 14.4 Å². The molecule has 4 saturated carbocycles. The molecule has 30 heavy (non-hydrogen) atoms. The van der Waals surface area contributed by atoms with Crippen molar-refractivity contribution in [2.24, 2.45) is 34.3 Å². The molecule has 2 amide bonds. The van der Waals surface area contributed by atoms with Crippen molar-refractivity contribution in [3.8, 4) is 0 Å². The number of amides is 2. The number of nitrogens with zero attached hydrogens (tertiary/aromatic N) is 1. The van der Waals surface area contributed by atoms with Crippen LogP contribution in [0.25, 0.3) is 0 Å². The van der Waals surface area contributed by atoms with E-state index in [0.717, 1.165) is 37.7 Å². The Morgan fingerprint density at radius 3 is 2.33 bits per heavy atom. The Kier molecular flexibility index (Phi) is 5.03. The fourth-order valence-electron chi connectivity index (χ4n) is 6.16. The minimum atomic E-state index is -1.32. The van der Waals surface area contributed by atoms with Gasteiger partial charge in [0.2, 0.25) is 11.8 Å². The summed E-state index contributed by atoms with van der Waals surface area (Å²) in [4.78, 5) is 42.1. The minimum Gasteiger partial charge on any atom is -0.369 e. The van der Waals surface area contributed by atoms with Crippen LogP contribution in [0.5, 0.6) is 0 Å². The summed E-state index contributed by atoms with van der Waals surface area (Å²) in [6, 6.07) is 3.50. The molecule has 1 aromatic heterocycles. The highest BCUT2D eigenvalue weighted by Gasteiger charge is 2.58. The molecule has 7 nitrogen and oxygen atoms in total. The predicted octanol–water partition coefficient (Wildman–Crippen LogP) is 2.04. The summed E-state index contributed by atoms with van der Waals surface area (Å²) in [5.74, 6) is -0.0327. The zero-order chi connectivity index (χ0) is 21.7. The van der Waals surface area contributed by atoms with Gasteiger partial charge in [0.05, 0.1) is 5.71 Å². The van der Waals surface area contributed by atoms with E-state index in [1.165, 1.54) is 0 Å². The number of rotatable bonds is 7. The lowest BCUT2D eigenvalue weighted by Crippen LogP contribution is -2.63. The fourth-order valence-corrected chi connectivity index (χ4v) is 6.16. The molecule has 1 aromatic rings. The monoisotopic (exact) mass is 410 g/mol. The van der Waals surface area contributed by atoms with Gasteiger partial charge in [0.25, 0.3) is 0 Å². The number of nitrogens with two attached hydrogens (primary N) is 1. The Bertz CT molecular complexity index is 879. The van der Waals surface area contributed by atoms with Crippen molar-refractivity contribution in [2.75, 3.05) is 0 Å². The molecule has 0 spiro atoms. The second-order valence-corrected chi connectivity index (χ2v) is 10.1. The second kappa shape index (κ2) is 7.29. The third-order valence-electron chi connectivity index (χ3n) is 7.63. The SMILES string of the molecule is CC(C)(C(=O)NC1C2CC3CC1CC(C(N)=O)(C3)C2)C(=O)C(=N)Cc1ccncc1. The third kappa shape index (κ3) is 3.44. The molecule has 7 heteroatoms. The molecule has 4 fully saturated rings. The van der Waals surface area contributed by atoms with Crippen LogP contribution in [-0.2, 0) is 20.8 Å². The van der Waals surface area contributed by atoms with E-state index in [0.29, 0.717) is 5.92 Å². The van der Waals surface area contributed by atoms with E-state index in [1.807, 2.05) is 0 Å². The maximum absolute atomic E-state index is 13.1. The van der Waals surface area contributed by atoms with Crippen LogP contribution in [-0.4, -0.2) is 34.3 Å². The van der Waals surface area contributed by atoms with Gasteiger partial charge in [-0.3, -0.25) is 19.4 Å². The van der Waals surface area contributed by atoms with E-state index in [9.17, 15) is 14.4 Å². The van der Waals surface area contributed by atoms with Gasteiger partial charge < -0.3 is 16.5 Å². The first-order valence-corrected chi connectivity index (χ1v) is 10.7. The molecule has 4 aliphatic rings. The number of carbonyl (C=O) groups excluding carboxylic acids is 3. The Morgan fingerprint density at radius 1 is 1.17 bits per heavy atom. The van der Waals surface area contributed by atoms with Crippen LogP contribution in [0.4, 0.5) is 0 Å². The molecule has 4 N–H and O–H groups in total. The molecule has 5 rings (SSSR count). The first kappa shape index (κ1) is 20.7. The zero-order valence-electron chi connectivity index (χ0n) is 17.6. The van der Waals surface area contributed by atoms with E-state index >= 15 is 0 Å². The lowest BCUT2D eigenvalue weighted by molar-refractivity contribution is -0.149. The van der Waals surface area contributed by atoms with Gasteiger partial charge in [0, 0.05) is 30.3 Å². The average molecular weight is 411 g/mol. The lowest BCUT2D eigenvalue weighted by Gasteiger charge is -2.59. The highest BCUT2D eigenvalue weighted by molar-refractivity contribution is 6.44. The Labute approximate surface area is 176 Å². The number of hydrogen-bond donors (Lipinski definition) is 3. The van der Waals surface area contributed by atoms with Crippen LogP contribution in [0.15, 0.2) is 24.5 Å². The molecule has 0 aliphatic heterocycles. The van der Waals surface area contributed by atoms with E-state index in [2.05, 4.69) is 10.3 Å². The van der Waals surface area contributed by atoms with E-state index in [-0.39, 0.29) is 41.8 Å². The van der Waals surface area contributed by atoms with Crippen molar-refractivity contribution in [2.45, 2.75) is 58.4 Å². The highest BCUT2D eigenvalue weighted by Crippen LogP contribution is 2.60. The maximum Gasteiger partial charge on any atom is 0.233 e. The highest BCUT2D eigenvalue weighted by atomic mass is 16.2. The van der Waals surface area contributed by atoms with Gasteiger partial charge in [-0.15, -0.1) is 0 Å². The van der Waals surface area contributed by atoms with Crippen molar-refractivity contribution in [1.82, 2.24) is 10.3 Å². The average Bonchev–Trinajstić information content (AvgIpc) is 2.70. The van der Waals surface area contributed by atoms with Crippen molar-refractivity contribution in [3.63, 3.8) is 0 Å². The normalized spacial score (nSPS) is 31.9. The summed E-state index contributed by atoms with van der Waals surface area (Å²) in [7, 11) is 0. The molecule has 160 valence electrons. The summed E-state index contributed by atoms with van der Waals surface area (Å²) in [6.45, 7) is 3.18. The van der Waals surface area contributed by atoms with Crippen LogP contribution in [0.2, 0.25) is 0 Å². The minimum absolute atomic E-state index is 0.0250. The van der Waals surface area contributed by atoms with E-state index in [4.69, 9.17) is 11.1 Å². The second-order valence-electron chi connectivity index (χ2n) is 10.1. The number of hydrogen-bond acceptors (Lipinski definition) is 5. The van der Waals surface area contributed by atoms with Gasteiger partial charge in [-0.25, -0.2) is 0 Å². The quantitative estimate of drug-likeness (QED) is 0.470. The summed E-state index contributed by atoms with van der Waals surface area (Å²) in [6.07, 6.45) is 7.76. The molecular formula is C23H30N4O3. The number of ketones is 1. The largest absolute Gasteiger partial charge is 0.369 e. The van der Waals surface area contributed by atoms with E-state index < -0.39 is 16.6 Å².